The summed E-state index contributed by atoms with van der Waals surface area (Å²) in [6.07, 6.45) is 4.59. The molecular formula is C17H23NO2. The third-order valence-electron chi connectivity index (χ3n) is 3.70. The minimum absolute atomic E-state index is 0.1000. The number of methoxy groups -OCH3 is 1. The number of benzene rings is 1. The van der Waals surface area contributed by atoms with E-state index in [9.17, 15) is 0 Å². The second kappa shape index (κ2) is 6.62. The van der Waals surface area contributed by atoms with E-state index in [4.69, 9.17) is 9.15 Å². The van der Waals surface area contributed by atoms with Crippen molar-refractivity contribution in [3.05, 3.63) is 53.0 Å². The molecule has 0 aliphatic rings. The van der Waals surface area contributed by atoms with Crippen molar-refractivity contribution in [2.45, 2.75) is 33.2 Å². The lowest BCUT2D eigenvalue weighted by Crippen LogP contribution is -2.23. The number of ether oxygens (including phenoxy) is 1. The van der Waals surface area contributed by atoms with E-state index in [0.29, 0.717) is 0 Å². The Bertz CT molecular complexity index is 546. The van der Waals surface area contributed by atoms with Gasteiger partial charge in [0.05, 0.1) is 25.7 Å². The third-order valence-corrected chi connectivity index (χ3v) is 3.70. The normalized spacial score (nSPS) is 12.4. The molecule has 3 nitrogen and oxygen atoms in total. The molecule has 0 radical (unpaired) electrons. The second-order valence-electron chi connectivity index (χ2n) is 5.07. The van der Waals surface area contributed by atoms with E-state index >= 15 is 0 Å². The third kappa shape index (κ3) is 2.88. The van der Waals surface area contributed by atoms with Crippen LogP contribution in [0.3, 0.4) is 0 Å². The molecule has 3 heteroatoms. The summed E-state index contributed by atoms with van der Waals surface area (Å²) in [6.45, 7) is 7.32. The Morgan fingerprint density at radius 3 is 2.65 bits per heavy atom. The Balaban J connectivity index is 2.46. The minimum atomic E-state index is 0.1000. The average Bonchev–Trinajstić information content (AvgIpc) is 2.97. The van der Waals surface area contributed by atoms with Crippen molar-refractivity contribution in [3.8, 4) is 5.75 Å². The summed E-state index contributed by atoms with van der Waals surface area (Å²) in [5.74, 6) is 0.958. The molecule has 0 spiro atoms. The Kier molecular flexibility index (Phi) is 4.85. The first-order chi connectivity index (χ1) is 9.69. The van der Waals surface area contributed by atoms with Gasteiger partial charge in [-0.3, -0.25) is 0 Å². The fourth-order valence-electron chi connectivity index (χ4n) is 2.44. The number of aryl methyl sites for hydroxylation is 1. The fourth-order valence-corrected chi connectivity index (χ4v) is 2.44. The van der Waals surface area contributed by atoms with Gasteiger partial charge in [0, 0.05) is 11.1 Å². The summed E-state index contributed by atoms with van der Waals surface area (Å²) < 4.78 is 10.9. The van der Waals surface area contributed by atoms with Crippen LogP contribution in [0.2, 0.25) is 0 Å². The zero-order valence-electron chi connectivity index (χ0n) is 12.7. The molecule has 2 aromatic rings. The molecule has 2 rings (SSSR count). The van der Waals surface area contributed by atoms with Gasteiger partial charge in [-0.05, 0) is 44.0 Å². The average molecular weight is 273 g/mol. The Labute approximate surface area is 121 Å². The molecule has 1 aromatic heterocycles. The van der Waals surface area contributed by atoms with Crippen LogP contribution in [0, 0.1) is 13.8 Å². The summed E-state index contributed by atoms with van der Waals surface area (Å²) in [4.78, 5) is 0. The van der Waals surface area contributed by atoms with Crippen LogP contribution >= 0.6 is 0 Å². The van der Waals surface area contributed by atoms with Crippen LogP contribution in [-0.4, -0.2) is 13.7 Å². The van der Waals surface area contributed by atoms with Crippen molar-refractivity contribution >= 4 is 0 Å². The van der Waals surface area contributed by atoms with E-state index < -0.39 is 0 Å². The number of furan rings is 1. The van der Waals surface area contributed by atoms with Gasteiger partial charge in [0.25, 0.3) is 0 Å². The molecule has 20 heavy (non-hydrogen) atoms. The summed E-state index contributed by atoms with van der Waals surface area (Å²) >= 11 is 0. The maximum absolute atomic E-state index is 5.65. The van der Waals surface area contributed by atoms with Gasteiger partial charge in [-0.15, -0.1) is 0 Å². The van der Waals surface area contributed by atoms with Gasteiger partial charge in [0.1, 0.15) is 5.75 Å². The van der Waals surface area contributed by atoms with Crippen LogP contribution in [-0.2, 0) is 0 Å². The van der Waals surface area contributed by atoms with Crippen molar-refractivity contribution in [1.82, 2.24) is 5.32 Å². The predicted octanol–water partition coefficient (Wildman–Crippen LogP) is 3.99. The van der Waals surface area contributed by atoms with Crippen LogP contribution < -0.4 is 10.1 Å². The molecule has 1 unspecified atom stereocenters. The highest BCUT2D eigenvalue weighted by Gasteiger charge is 2.20. The number of nitrogens with one attached hydrogen (secondary N) is 1. The number of hydrogen-bond acceptors (Lipinski definition) is 3. The molecule has 0 amide bonds. The molecular weight excluding hydrogens is 250 g/mol. The molecule has 0 bridgehead atoms. The van der Waals surface area contributed by atoms with E-state index in [1.165, 1.54) is 11.1 Å². The zero-order chi connectivity index (χ0) is 14.5. The van der Waals surface area contributed by atoms with Crippen molar-refractivity contribution < 1.29 is 9.15 Å². The quantitative estimate of drug-likeness (QED) is 0.864. The Hall–Kier alpha value is -1.74. The van der Waals surface area contributed by atoms with E-state index in [1.54, 1.807) is 19.6 Å². The van der Waals surface area contributed by atoms with Gasteiger partial charge < -0.3 is 14.5 Å². The van der Waals surface area contributed by atoms with Gasteiger partial charge in [-0.2, -0.15) is 0 Å². The van der Waals surface area contributed by atoms with E-state index in [-0.39, 0.29) is 6.04 Å². The highest BCUT2D eigenvalue weighted by molar-refractivity contribution is 5.49. The lowest BCUT2D eigenvalue weighted by molar-refractivity contribution is 0.400. The van der Waals surface area contributed by atoms with Gasteiger partial charge in [-0.1, -0.05) is 19.1 Å². The first kappa shape index (κ1) is 14.7. The van der Waals surface area contributed by atoms with Gasteiger partial charge in [0.15, 0.2) is 0 Å². The molecule has 0 aliphatic heterocycles. The van der Waals surface area contributed by atoms with Crippen molar-refractivity contribution in [1.29, 1.82) is 0 Å². The first-order valence-electron chi connectivity index (χ1n) is 7.08. The van der Waals surface area contributed by atoms with Crippen LogP contribution in [0.25, 0.3) is 0 Å². The van der Waals surface area contributed by atoms with E-state index in [2.05, 4.69) is 38.2 Å². The monoisotopic (exact) mass is 273 g/mol. The van der Waals surface area contributed by atoms with Gasteiger partial charge >= 0.3 is 0 Å². The molecule has 1 N–H and O–H groups in total. The Morgan fingerprint density at radius 1 is 1.25 bits per heavy atom. The molecule has 0 saturated carbocycles. The van der Waals surface area contributed by atoms with Crippen LogP contribution in [0.15, 0.2) is 35.1 Å². The minimum Gasteiger partial charge on any atom is -0.496 e. The first-order valence-corrected chi connectivity index (χ1v) is 7.08. The molecule has 0 aliphatic carbocycles. The topological polar surface area (TPSA) is 34.4 Å². The maximum Gasteiger partial charge on any atom is 0.127 e. The van der Waals surface area contributed by atoms with E-state index in [0.717, 1.165) is 29.8 Å². The summed E-state index contributed by atoms with van der Waals surface area (Å²) in [5, 5.41) is 3.57. The van der Waals surface area contributed by atoms with Crippen LogP contribution in [0.5, 0.6) is 5.75 Å². The summed E-state index contributed by atoms with van der Waals surface area (Å²) in [7, 11) is 1.73. The van der Waals surface area contributed by atoms with Gasteiger partial charge in [-0.25, -0.2) is 0 Å². The molecule has 1 heterocycles. The lowest BCUT2D eigenvalue weighted by Gasteiger charge is -2.22. The Morgan fingerprint density at radius 2 is 2.05 bits per heavy atom. The molecule has 0 saturated heterocycles. The number of rotatable bonds is 6. The van der Waals surface area contributed by atoms with Gasteiger partial charge in [0.2, 0.25) is 0 Å². The van der Waals surface area contributed by atoms with E-state index in [1.807, 2.05) is 6.07 Å². The van der Waals surface area contributed by atoms with Crippen molar-refractivity contribution in [3.63, 3.8) is 0 Å². The number of hydrogen-bond donors (Lipinski definition) is 1. The zero-order valence-corrected chi connectivity index (χ0v) is 12.7. The smallest absolute Gasteiger partial charge is 0.127 e. The van der Waals surface area contributed by atoms with Crippen LogP contribution in [0.1, 0.15) is 41.6 Å². The second-order valence-corrected chi connectivity index (χ2v) is 5.07. The summed E-state index contributed by atoms with van der Waals surface area (Å²) in [6, 6.07) is 6.39. The molecule has 1 atom stereocenters. The fraction of sp³-hybridized carbons (Fsp3) is 0.412. The molecule has 0 fully saturated rings. The largest absolute Gasteiger partial charge is 0.496 e. The SMILES string of the molecule is CCCNC(c1ccoc1)c1ccc(C)c(C)c1OC. The highest BCUT2D eigenvalue weighted by Crippen LogP contribution is 2.34. The standard InChI is InChI=1S/C17H23NO2/c1-5-9-18-16(14-8-10-20-11-14)15-7-6-12(2)13(3)17(15)19-4/h6-8,10-11,16,18H,5,9H2,1-4H3. The van der Waals surface area contributed by atoms with Crippen LogP contribution in [0.4, 0.5) is 0 Å². The van der Waals surface area contributed by atoms with Crippen molar-refractivity contribution in [2.75, 3.05) is 13.7 Å². The molecule has 108 valence electrons. The highest BCUT2D eigenvalue weighted by atomic mass is 16.5. The molecule has 1 aromatic carbocycles. The lowest BCUT2D eigenvalue weighted by atomic mass is 9.95. The maximum atomic E-state index is 5.65. The van der Waals surface area contributed by atoms with Crippen molar-refractivity contribution in [2.24, 2.45) is 0 Å². The summed E-state index contributed by atoms with van der Waals surface area (Å²) in [5.41, 5.74) is 4.72. The predicted molar refractivity (Wildman–Crippen MR) is 81.3 cm³/mol.